The monoisotopic (exact) mass is 498 g/mol. The minimum atomic E-state index is -4.78. The van der Waals surface area contributed by atoms with E-state index in [1.54, 1.807) is 6.92 Å². The molecule has 0 radical (unpaired) electrons. The van der Waals surface area contributed by atoms with E-state index in [0.717, 1.165) is 25.5 Å². The maximum absolute atomic E-state index is 14.9. The fourth-order valence-electron chi connectivity index (χ4n) is 5.83. The van der Waals surface area contributed by atoms with Crippen molar-refractivity contribution in [3.8, 4) is 6.01 Å². The average Bonchev–Trinajstić information content (AvgIpc) is 3.29. The lowest BCUT2D eigenvalue weighted by Gasteiger charge is -2.31. The zero-order valence-electron chi connectivity index (χ0n) is 19.5. The van der Waals surface area contributed by atoms with Crippen LogP contribution in [0.15, 0.2) is 6.07 Å². The average molecular weight is 498 g/mol. The van der Waals surface area contributed by atoms with Crippen molar-refractivity contribution >= 4 is 5.69 Å². The van der Waals surface area contributed by atoms with E-state index in [4.69, 9.17) is 15.2 Å². The summed E-state index contributed by atoms with van der Waals surface area (Å²) in [6.07, 6.45) is -4.83. The van der Waals surface area contributed by atoms with Gasteiger partial charge in [-0.15, -0.1) is 0 Å². The Hall–Kier alpha value is -2.53. The molecule has 2 N–H and O–H groups in total. The molecule has 0 amide bonds. The van der Waals surface area contributed by atoms with Gasteiger partial charge < -0.3 is 15.2 Å². The number of nitrogens with two attached hydrogens (primary N) is 1. The van der Waals surface area contributed by atoms with Crippen molar-refractivity contribution in [3.63, 3.8) is 0 Å². The summed E-state index contributed by atoms with van der Waals surface area (Å²) in [5.74, 6) is -1.14. The van der Waals surface area contributed by atoms with Crippen molar-refractivity contribution in [3.05, 3.63) is 45.5 Å². The molecule has 4 heterocycles. The highest BCUT2D eigenvalue weighted by molar-refractivity contribution is 5.53. The molecule has 2 aromatic rings. The molecule has 3 atom stereocenters. The molecule has 0 saturated carbocycles. The van der Waals surface area contributed by atoms with E-state index >= 15 is 0 Å². The molecule has 2 fully saturated rings. The molecular weight excluding hydrogens is 471 g/mol. The summed E-state index contributed by atoms with van der Waals surface area (Å²) < 4.78 is 82.1. The van der Waals surface area contributed by atoms with Crippen LogP contribution in [0, 0.1) is 19.7 Å². The molecule has 0 unspecified atom stereocenters. The van der Waals surface area contributed by atoms with Gasteiger partial charge in [0.15, 0.2) is 5.82 Å². The van der Waals surface area contributed by atoms with E-state index in [1.165, 1.54) is 6.92 Å². The van der Waals surface area contributed by atoms with Crippen molar-refractivity contribution in [1.82, 2.24) is 14.9 Å². The molecule has 6 nitrogen and oxygen atoms in total. The number of halogens is 5. The van der Waals surface area contributed by atoms with Gasteiger partial charge in [0.1, 0.15) is 12.8 Å². The molecule has 3 aliphatic rings. The van der Waals surface area contributed by atoms with Crippen LogP contribution >= 0.6 is 0 Å². The Morgan fingerprint density at radius 2 is 2.06 bits per heavy atom. The number of hydrogen-bond acceptors (Lipinski definition) is 6. The number of nitrogen functional groups attached to an aromatic ring is 1. The van der Waals surface area contributed by atoms with Crippen LogP contribution < -0.4 is 10.5 Å². The lowest BCUT2D eigenvalue weighted by molar-refractivity contribution is -0.140. The standard InChI is InChI=1S/C24H27F5N4O2/c1-12-6-16(30)21(26)19(20(12)24(27,28)29)18-7-17-15(10-34-18)13(2)31-22(32-17)35-11-23-4-3-5-33(23)9-14(25)8-23/h6,14,18H,3-5,7-11,30H2,1-2H3/t14-,18+,23+/m1/s1. The molecule has 35 heavy (non-hydrogen) atoms. The highest BCUT2D eigenvalue weighted by Gasteiger charge is 2.49. The summed E-state index contributed by atoms with van der Waals surface area (Å²) in [5, 5.41) is 0. The van der Waals surface area contributed by atoms with Crippen molar-refractivity contribution in [2.45, 2.75) is 70.1 Å². The van der Waals surface area contributed by atoms with Gasteiger partial charge in [-0.1, -0.05) is 0 Å². The largest absolute Gasteiger partial charge is 0.461 e. The minimum absolute atomic E-state index is 0.0715. The van der Waals surface area contributed by atoms with Gasteiger partial charge in [-0.2, -0.15) is 18.2 Å². The topological polar surface area (TPSA) is 73.5 Å². The van der Waals surface area contributed by atoms with Crippen LogP contribution in [0.1, 0.15) is 59.0 Å². The van der Waals surface area contributed by atoms with Crippen molar-refractivity contribution in [2.75, 3.05) is 25.4 Å². The van der Waals surface area contributed by atoms with Gasteiger partial charge in [-0.25, -0.2) is 13.8 Å². The van der Waals surface area contributed by atoms with Gasteiger partial charge >= 0.3 is 12.2 Å². The summed E-state index contributed by atoms with van der Waals surface area (Å²) in [5.41, 5.74) is 4.68. The summed E-state index contributed by atoms with van der Waals surface area (Å²) in [7, 11) is 0. The lowest BCUT2D eigenvalue weighted by atomic mass is 9.91. The van der Waals surface area contributed by atoms with E-state index in [9.17, 15) is 22.0 Å². The summed E-state index contributed by atoms with van der Waals surface area (Å²) >= 11 is 0. The molecular formula is C24H27F5N4O2. The van der Waals surface area contributed by atoms with Crippen LogP contribution in [0.4, 0.5) is 27.6 Å². The first-order valence-electron chi connectivity index (χ1n) is 11.6. The number of benzene rings is 1. The smallest absolute Gasteiger partial charge is 0.417 e. The second-order valence-electron chi connectivity index (χ2n) is 9.77. The number of anilines is 1. The first kappa shape index (κ1) is 24.2. The molecule has 2 saturated heterocycles. The first-order chi connectivity index (χ1) is 16.5. The summed E-state index contributed by atoms with van der Waals surface area (Å²) in [6.45, 7) is 4.34. The third-order valence-electron chi connectivity index (χ3n) is 7.45. The number of nitrogens with zero attached hydrogens (tertiary/aromatic N) is 3. The molecule has 0 aliphatic carbocycles. The molecule has 0 spiro atoms. The second kappa shape index (κ2) is 8.55. The molecule has 1 aromatic heterocycles. The number of aryl methyl sites for hydroxylation is 2. The van der Waals surface area contributed by atoms with Gasteiger partial charge in [0.2, 0.25) is 0 Å². The second-order valence-corrected chi connectivity index (χ2v) is 9.77. The normalized spacial score (nSPS) is 26.6. The Morgan fingerprint density at radius 3 is 2.80 bits per heavy atom. The zero-order valence-corrected chi connectivity index (χ0v) is 19.5. The third kappa shape index (κ3) is 4.22. The molecule has 190 valence electrons. The Morgan fingerprint density at radius 1 is 1.29 bits per heavy atom. The maximum atomic E-state index is 14.9. The molecule has 11 heteroatoms. The van der Waals surface area contributed by atoms with Crippen LogP contribution in [0.3, 0.4) is 0 Å². The van der Waals surface area contributed by atoms with E-state index in [-0.39, 0.29) is 42.4 Å². The Bertz CT molecular complexity index is 1160. The van der Waals surface area contributed by atoms with Gasteiger partial charge in [-0.05, 0) is 44.9 Å². The Balaban J connectivity index is 1.43. The molecule has 0 bridgehead atoms. The fourth-order valence-corrected chi connectivity index (χ4v) is 5.83. The predicted molar refractivity (Wildman–Crippen MR) is 117 cm³/mol. The van der Waals surface area contributed by atoms with Crippen LogP contribution in [-0.2, 0) is 23.9 Å². The van der Waals surface area contributed by atoms with E-state index in [2.05, 4.69) is 14.9 Å². The van der Waals surface area contributed by atoms with E-state index in [0.29, 0.717) is 29.9 Å². The van der Waals surface area contributed by atoms with Crippen molar-refractivity contribution < 1.29 is 31.4 Å². The highest BCUT2D eigenvalue weighted by Crippen LogP contribution is 2.44. The summed E-state index contributed by atoms with van der Waals surface area (Å²) in [4.78, 5) is 10.9. The van der Waals surface area contributed by atoms with Crippen LogP contribution in [0.2, 0.25) is 0 Å². The van der Waals surface area contributed by atoms with Gasteiger partial charge in [0, 0.05) is 30.5 Å². The van der Waals surface area contributed by atoms with E-state index in [1.807, 2.05) is 0 Å². The number of ether oxygens (including phenoxy) is 2. The molecule has 5 rings (SSSR count). The number of rotatable bonds is 4. The number of alkyl halides is 4. The highest BCUT2D eigenvalue weighted by atomic mass is 19.4. The van der Waals surface area contributed by atoms with Gasteiger partial charge in [0.25, 0.3) is 0 Å². The van der Waals surface area contributed by atoms with Crippen molar-refractivity contribution in [2.24, 2.45) is 0 Å². The van der Waals surface area contributed by atoms with Gasteiger partial charge in [0.05, 0.1) is 40.9 Å². The number of fused-ring (bicyclic) bond motifs is 2. The van der Waals surface area contributed by atoms with Crippen LogP contribution in [0.25, 0.3) is 0 Å². The molecule has 3 aliphatic heterocycles. The SMILES string of the molecule is Cc1cc(N)c(F)c([C@@H]2Cc3nc(OC[C@@]45CCCN4C[C@H](F)C5)nc(C)c3CO2)c1C(F)(F)F. The lowest BCUT2D eigenvalue weighted by Crippen LogP contribution is -2.43. The minimum Gasteiger partial charge on any atom is -0.461 e. The Labute approximate surface area is 199 Å². The number of hydrogen-bond donors (Lipinski definition) is 1. The van der Waals surface area contributed by atoms with Crippen LogP contribution in [0.5, 0.6) is 6.01 Å². The molecule has 1 aromatic carbocycles. The van der Waals surface area contributed by atoms with Gasteiger partial charge in [-0.3, -0.25) is 4.90 Å². The quantitative estimate of drug-likeness (QED) is 0.491. The summed E-state index contributed by atoms with van der Waals surface area (Å²) in [6, 6.07) is 1.05. The van der Waals surface area contributed by atoms with E-state index < -0.39 is 35.4 Å². The Kier molecular flexibility index (Phi) is 5.90. The van der Waals surface area contributed by atoms with Crippen molar-refractivity contribution in [1.29, 1.82) is 0 Å². The predicted octanol–water partition coefficient (Wildman–Crippen LogP) is 4.60. The number of aromatic nitrogens is 2. The van der Waals surface area contributed by atoms with Crippen LogP contribution in [-0.4, -0.2) is 46.3 Å². The maximum Gasteiger partial charge on any atom is 0.417 e. The first-order valence-corrected chi connectivity index (χ1v) is 11.6. The fraction of sp³-hybridized carbons (Fsp3) is 0.583. The third-order valence-corrected chi connectivity index (χ3v) is 7.45. The zero-order chi connectivity index (χ0) is 25.1.